The predicted octanol–water partition coefficient (Wildman–Crippen LogP) is 5.40. The van der Waals surface area contributed by atoms with Gasteiger partial charge in [0.2, 0.25) is 5.91 Å². The normalized spacial score (nSPS) is 10.8. The topological polar surface area (TPSA) is 62.2 Å². The summed E-state index contributed by atoms with van der Waals surface area (Å²) < 4.78 is 1.07. The number of aromatic hydroxyl groups is 1. The van der Waals surface area contributed by atoms with Crippen molar-refractivity contribution < 1.29 is 9.90 Å². The van der Waals surface area contributed by atoms with E-state index in [1.54, 1.807) is 18.2 Å². The van der Waals surface area contributed by atoms with Crippen molar-refractivity contribution in [2.75, 3.05) is 11.1 Å². The van der Waals surface area contributed by atoms with E-state index >= 15 is 0 Å². The Morgan fingerprint density at radius 3 is 2.59 bits per heavy atom. The van der Waals surface area contributed by atoms with Gasteiger partial charge in [0, 0.05) is 16.6 Å². The molecule has 0 atom stereocenters. The summed E-state index contributed by atoms with van der Waals surface area (Å²) in [5.74, 6) is 0.295. The molecule has 4 nitrogen and oxygen atoms in total. The zero-order valence-electron chi connectivity index (χ0n) is 14.3. The molecule has 1 amide bonds. The van der Waals surface area contributed by atoms with Gasteiger partial charge in [-0.2, -0.15) is 0 Å². The third-order valence-electron chi connectivity index (χ3n) is 3.92. The summed E-state index contributed by atoms with van der Waals surface area (Å²) >= 11 is 3.00. The van der Waals surface area contributed by atoms with Crippen molar-refractivity contribution in [1.82, 2.24) is 4.98 Å². The maximum Gasteiger partial charge on any atom is 0.234 e. The first-order valence-corrected chi connectivity index (χ1v) is 10.2. The second kappa shape index (κ2) is 7.82. The number of carbonyl (C=O) groups is 1. The fourth-order valence-electron chi connectivity index (χ4n) is 2.64. The Hall–Kier alpha value is -2.83. The van der Waals surface area contributed by atoms with Crippen LogP contribution in [0.5, 0.6) is 5.75 Å². The highest BCUT2D eigenvalue weighted by molar-refractivity contribution is 8.00. The van der Waals surface area contributed by atoms with Crippen molar-refractivity contribution in [3.8, 4) is 16.3 Å². The van der Waals surface area contributed by atoms with Crippen molar-refractivity contribution in [3.05, 3.63) is 72.8 Å². The number of rotatable bonds is 5. The lowest BCUT2D eigenvalue weighted by atomic mass is 10.2. The van der Waals surface area contributed by atoms with Gasteiger partial charge in [0.15, 0.2) is 0 Å². The molecule has 4 rings (SSSR count). The molecule has 27 heavy (non-hydrogen) atoms. The van der Waals surface area contributed by atoms with Crippen LogP contribution in [0.4, 0.5) is 5.69 Å². The lowest BCUT2D eigenvalue weighted by Crippen LogP contribution is -2.13. The molecule has 1 heterocycles. The van der Waals surface area contributed by atoms with Gasteiger partial charge in [-0.3, -0.25) is 4.79 Å². The number of nitrogens with one attached hydrogen (secondary N) is 1. The quantitative estimate of drug-likeness (QED) is 0.447. The van der Waals surface area contributed by atoms with E-state index in [1.165, 1.54) is 23.1 Å². The third kappa shape index (κ3) is 4.13. The first-order chi connectivity index (χ1) is 13.2. The summed E-state index contributed by atoms with van der Waals surface area (Å²) in [5, 5.41) is 14.0. The van der Waals surface area contributed by atoms with Crippen LogP contribution in [0.15, 0.2) is 77.7 Å². The maximum atomic E-state index is 12.1. The molecule has 134 valence electrons. The molecule has 4 aromatic rings. The summed E-state index contributed by atoms with van der Waals surface area (Å²) in [4.78, 5) is 17.8. The van der Waals surface area contributed by atoms with Gasteiger partial charge in [0.05, 0.1) is 21.5 Å². The van der Waals surface area contributed by atoms with E-state index in [1.807, 2.05) is 54.6 Å². The monoisotopic (exact) mass is 392 g/mol. The summed E-state index contributed by atoms with van der Waals surface area (Å²) in [5.41, 5.74) is 2.14. The molecule has 0 saturated carbocycles. The van der Waals surface area contributed by atoms with E-state index in [0.29, 0.717) is 17.0 Å². The number of hydrogen-bond acceptors (Lipinski definition) is 5. The average Bonchev–Trinajstić information content (AvgIpc) is 3.11. The number of aromatic nitrogens is 1. The van der Waals surface area contributed by atoms with E-state index in [2.05, 4.69) is 10.3 Å². The molecule has 2 N–H and O–H groups in total. The van der Waals surface area contributed by atoms with Crippen molar-refractivity contribution in [1.29, 1.82) is 0 Å². The lowest BCUT2D eigenvalue weighted by Gasteiger charge is -2.08. The van der Waals surface area contributed by atoms with Crippen LogP contribution >= 0.6 is 23.1 Å². The molecule has 0 unspecified atom stereocenters. The fourth-order valence-corrected chi connectivity index (χ4v) is 4.36. The van der Waals surface area contributed by atoms with E-state index in [4.69, 9.17) is 0 Å². The number of thiazole rings is 1. The average molecular weight is 393 g/mol. The Balaban J connectivity index is 1.45. The zero-order chi connectivity index (χ0) is 18.6. The number of phenols is 1. The SMILES string of the molecule is O=C(CSc1ccccc1)Nc1ccc(-c2nc3ccccc3s2)c(O)c1. The Labute approximate surface area is 164 Å². The summed E-state index contributed by atoms with van der Waals surface area (Å²) in [6.45, 7) is 0. The van der Waals surface area contributed by atoms with Crippen molar-refractivity contribution in [2.24, 2.45) is 0 Å². The standard InChI is InChI=1S/C21H16N2O2S2/c24-18-12-14(22-20(25)13-26-15-6-2-1-3-7-15)10-11-16(18)21-23-17-8-4-5-9-19(17)27-21/h1-12,24H,13H2,(H,22,25). The molecule has 0 saturated heterocycles. The van der Waals surface area contributed by atoms with Crippen LogP contribution in [0.1, 0.15) is 0 Å². The number of fused-ring (bicyclic) bond motifs is 1. The molecule has 0 aliphatic carbocycles. The number of para-hydroxylation sites is 1. The van der Waals surface area contributed by atoms with Crippen LogP contribution in [0.25, 0.3) is 20.8 Å². The smallest absolute Gasteiger partial charge is 0.234 e. The van der Waals surface area contributed by atoms with Crippen LogP contribution in [0, 0.1) is 0 Å². The van der Waals surface area contributed by atoms with E-state index in [-0.39, 0.29) is 11.7 Å². The lowest BCUT2D eigenvalue weighted by molar-refractivity contribution is -0.113. The van der Waals surface area contributed by atoms with Crippen LogP contribution < -0.4 is 5.32 Å². The summed E-state index contributed by atoms with van der Waals surface area (Å²) in [7, 11) is 0. The molecule has 0 aliphatic rings. The first kappa shape index (κ1) is 17.6. The number of anilines is 1. The van der Waals surface area contributed by atoms with Gasteiger partial charge >= 0.3 is 0 Å². The number of nitrogens with zero attached hydrogens (tertiary/aromatic N) is 1. The molecular formula is C21H16N2O2S2. The van der Waals surface area contributed by atoms with Crippen LogP contribution in [0.2, 0.25) is 0 Å². The molecule has 0 aliphatic heterocycles. The molecule has 0 radical (unpaired) electrons. The molecule has 0 bridgehead atoms. The van der Waals surface area contributed by atoms with Crippen LogP contribution in [0.3, 0.4) is 0 Å². The Morgan fingerprint density at radius 1 is 1.04 bits per heavy atom. The van der Waals surface area contributed by atoms with Gasteiger partial charge in [0.25, 0.3) is 0 Å². The van der Waals surface area contributed by atoms with E-state index in [0.717, 1.165) is 20.1 Å². The highest BCUT2D eigenvalue weighted by Gasteiger charge is 2.12. The summed E-state index contributed by atoms with van der Waals surface area (Å²) in [6, 6.07) is 22.8. The second-order valence-corrected chi connectivity index (χ2v) is 7.95. The maximum absolute atomic E-state index is 12.1. The molecule has 3 aromatic carbocycles. The number of amides is 1. The van der Waals surface area contributed by atoms with Gasteiger partial charge < -0.3 is 10.4 Å². The second-order valence-electron chi connectivity index (χ2n) is 5.87. The van der Waals surface area contributed by atoms with Crippen LogP contribution in [-0.4, -0.2) is 21.8 Å². The molecule has 0 spiro atoms. The molecular weight excluding hydrogens is 376 g/mol. The van der Waals surface area contributed by atoms with Crippen molar-refractivity contribution in [3.63, 3.8) is 0 Å². The number of phenolic OH excluding ortho intramolecular Hbond substituents is 1. The predicted molar refractivity (Wildman–Crippen MR) is 113 cm³/mol. The van der Waals surface area contributed by atoms with Gasteiger partial charge in [-0.25, -0.2) is 4.98 Å². The summed E-state index contributed by atoms with van der Waals surface area (Å²) in [6.07, 6.45) is 0. The van der Waals surface area contributed by atoms with Gasteiger partial charge in [0.1, 0.15) is 10.8 Å². The Kier molecular flexibility index (Phi) is 5.09. The minimum absolute atomic E-state index is 0.0996. The number of thioether (sulfide) groups is 1. The minimum Gasteiger partial charge on any atom is -0.507 e. The Morgan fingerprint density at radius 2 is 1.81 bits per heavy atom. The van der Waals surface area contributed by atoms with E-state index < -0.39 is 0 Å². The molecule has 1 aromatic heterocycles. The third-order valence-corrected chi connectivity index (χ3v) is 6.00. The number of benzene rings is 3. The van der Waals surface area contributed by atoms with Gasteiger partial charge in [-0.15, -0.1) is 23.1 Å². The highest BCUT2D eigenvalue weighted by Crippen LogP contribution is 2.36. The fraction of sp³-hybridized carbons (Fsp3) is 0.0476. The van der Waals surface area contributed by atoms with E-state index in [9.17, 15) is 9.90 Å². The number of carbonyl (C=O) groups excluding carboxylic acids is 1. The largest absolute Gasteiger partial charge is 0.507 e. The highest BCUT2D eigenvalue weighted by atomic mass is 32.2. The van der Waals surface area contributed by atoms with Gasteiger partial charge in [-0.05, 0) is 36.4 Å². The van der Waals surface area contributed by atoms with Gasteiger partial charge in [-0.1, -0.05) is 30.3 Å². The van der Waals surface area contributed by atoms with Crippen molar-refractivity contribution >= 4 is 44.9 Å². The molecule has 0 fully saturated rings. The molecule has 6 heteroatoms. The Bertz CT molecular complexity index is 1060. The van der Waals surface area contributed by atoms with Crippen molar-refractivity contribution in [2.45, 2.75) is 4.90 Å². The number of hydrogen-bond donors (Lipinski definition) is 2. The zero-order valence-corrected chi connectivity index (χ0v) is 15.9. The first-order valence-electron chi connectivity index (χ1n) is 8.36. The minimum atomic E-state index is -0.115. The van der Waals surface area contributed by atoms with Crippen LogP contribution in [-0.2, 0) is 4.79 Å².